The zero-order valence-corrected chi connectivity index (χ0v) is 29.1. The Morgan fingerprint density at radius 2 is 1.04 bits per heavy atom. The van der Waals surface area contributed by atoms with Crippen LogP contribution in [-0.4, -0.2) is 4.57 Å². The average molecular weight is 672 g/mol. The van der Waals surface area contributed by atoms with Crippen molar-refractivity contribution in [3.05, 3.63) is 210 Å². The van der Waals surface area contributed by atoms with E-state index in [4.69, 9.17) is 0 Å². The largest absolute Gasteiger partial charge is 0.309 e. The summed E-state index contributed by atoms with van der Waals surface area (Å²) < 4.78 is 2.45. The van der Waals surface area contributed by atoms with E-state index in [1.807, 2.05) is 0 Å². The van der Waals surface area contributed by atoms with Crippen molar-refractivity contribution in [1.29, 1.82) is 0 Å². The summed E-state index contributed by atoms with van der Waals surface area (Å²) in [5.74, 6) is 0.166. The summed E-state index contributed by atoms with van der Waals surface area (Å²) in [6, 6.07) is 68.1. The van der Waals surface area contributed by atoms with Gasteiger partial charge in [-0.2, -0.15) is 0 Å². The van der Waals surface area contributed by atoms with Crippen LogP contribution < -0.4 is 0 Å². The summed E-state index contributed by atoms with van der Waals surface area (Å²) in [6.45, 7) is 0. The molecule has 1 aromatic heterocycles. The molecule has 0 spiro atoms. The molecule has 0 N–H and O–H groups in total. The maximum atomic E-state index is 2.49. The lowest BCUT2D eigenvalue weighted by Gasteiger charge is -2.18. The molecule has 1 nitrogen and oxygen atoms in total. The highest BCUT2D eigenvalue weighted by Crippen LogP contribution is 2.56. The van der Waals surface area contributed by atoms with Gasteiger partial charge in [0.1, 0.15) is 0 Å². The molecule has 1 unspecified atom stereocenters. The minimum Gasteiger partial charge on any atom is -0.309 e. The van der Waals surface area contributed by atoms with Crippen molar-refractivity contribution in [3.63, 3.8) is 0 Å². The van der Waals surface area contributed by atoms with Crippen LogP contribution in [0.15, 0.2) is 182 Å². The Hall–Kier alpha value is -6.70. The summed E-state index contributed by atoms with van der Waals surface area (Å²) >= 11 is 0. The highest BCUT2D eigenvalue weighted by Gasteiger charge is 2.36. The number of aromatic nitrogens is 1. The Balaban J connectivity index is 1.09. The molecule has 12 rings (SSSR count). The van der Waals surface area contributed by atoms with E-state index in [1.165, 1.54) is 110 Å². The first-order valence-electron chi connectivity index (χ1n) is 18.7. The molecule has 1 heteroatoms. The van der Waals surface area contributed by atoms with Crippen molar-refractivity contribution in [2.45, 2.75) is 12.3 Å². The van der Waals surface area contributed by atoms with E-state index in [9.17, 15) is 0 Å². The van der Waals surface area contributed by atoms with Crippen LogP contribution >= 0.6 is 0 Å². The third kappa shape index (κ3) is 4.08. The third-order valence-corrected chi connectivity index (χ3v) is 12.1. The van der Waals surface area contributed by atoms with Crippen LogP contribution in [0.25, 0.3) is 82.4 Å². The third-order valence-electron chi connectivity index (χ3n) is 12.1. The summed E-state index contributed by atoms with van der Waals surface area (Å²) in [5, 5.41) is 7.68. The highest BCUT2D eigenvalue weighted by molar-refractivity contribution is 6.12. The molecule has 0 aliphatic heterocycles. The molecule has 0 amide bonds. The molecule has 0 saturated carbocycles. The fourth-order valence-corrected chi connectivity index (χ4v) is 9.80. The fraction of sp³-hybridized carbons (Fsp3) is 0.0385. The molecule has 0 bridgehead atoms. The maximum Gasteiger partial charge on any atom is 0.0541 e. The zero-order valence-electron chi connectivity index (χ0n) is 29.1. The fourth-order valence-electron chi connectivity index (χ4n) is 9.80. The van der Waals surface area contributed by atoms with Gasteiger partial charge in [-0.25, -0.2) is 0 Å². The maximum absolute atomic E-state index is 2.49. The summed E-state index contributed by atoms with van der Waals surface area (Å²) in [4.78, 5) is 0. The van der Waals surface area contributed by atoms with Crippen LogP contribution in [0.5, 0.6) is 0 Å². The van der Waals surface area contributed by atoms with Gasteiger partial charge in [-0.3, -0.25) is 0 Å². The van der Waals surface area contributed by atoms with Crippen molar-refractivity contribution in [2.24, 2.45) is 0 Å². The Bertz CT molecular complexity index is 3150. The highest BCUT2D eigenvalue weighted by atomic mass is 15.0. The van der Waals surface area contributed by atoms with E-state index in [2.05, 4.69) is 187 Å². The first kappa shape index (κ1) is 28.9. The molecule has 10 aromatic rings. The smallest absolute Gasteiger partial charge is 0.0541 e. The molecule has 246 valence electrons. The number of nitrogens with zero attached hydrogens (tertiary/aromatic N) is 1. The second kappa shape index (κ2) is 10.9. The lowest BCUT2D eigenvalue weighted by Crippen LogP contribution is -2.00. The van der Waals surface area contributed by atoms with E-state index in [-0.39, 0.29) is 5.92 Å². The van der Waals surface area contributed by atoms with Crippen LogP contribution in [0.2, 0.25) is 0 Å². The standard InChI is InChI=1S/C52H33N/c1-4-16-38-32(11-1)14-9-20-42(38)51-43-26-23-34(31-46(43)52-44(51)27-24-37-29-36-13-3-6-18-40(36)50(37)52)35-25-28-49-45(30-35)41-19-7-8-21-48(41)53(49)47-22-10-15-33-12-2-5-17-39(33)47/h1-28,30-31,51H,29H2. The number of hydrogen-bond acceptors (Lipinski definition) is 0. The SMILES string of the molecule is c1ccc2c(c1)Cc1ccc3c(c1-2)-c1cc(-c2ccc4c(c2)c2ccccc2n4-c2cccc4ccccc24)ccc1C3c1cccc2ccccc12. The number of fused-ring (bicyclic) bond motifs is 12. The van der Waals surface area contributed by atoms with Gasteiger partial charge >= 0.3 is 0 Å². The number of benzene rings is 9. The van der Waals surface area contributed by atoms with Crippen molar-refractivity contribution in [1.82, 2.24) is 4.57 Å². The first-order chi connectivity index (χ1) is 26.3. The van der Waals surface area contributed by atoms with Crippen molar-refractivity contribution in [2.75, 3.05) is 0 Å². The summed E-state index contributed by atoms with van der Waals surface area (Å²) in [7, 11) is 0. The van der Waals surface area contributed by atoms with Gasteiger partial charge in [0.05, 0.1) is 16.7 Å². The van der Waals surface area contributed by atoms with Gasteiger partial charge in [0.25, 0.3) is 0 Å². The van der Waals surface area contributed by atoms with Gasteiger partial charge in [-0.1, -0.05) is 152 Å². The van der Waals surface area contributed by atoms with Gasteiger partial charge in [-0.05, 0) is 114 Å². The van der Waals surface area contributed by atoms with Gasteiger partial charge in [-0.15, -0.1) is 0 Å². The minimum atomic E-state index is 0.166. The van der Waals surface area contributed by atoms with Crippen LogP contribution in [0, 0.1) is 0 Å². The average Bonchev–Trinajstić information content (AvgIpc) is 3.87. The summed E-state index contributed by atoms with van der Waals surface area (Å²) in [5.41, 5.74) is 18.8. The predicted octanol–water partition coefficient (Wildman–Crippen LogP) is 13.5. The van der Waals surface area contributed by atoms with Gasteiger partial charge in [0.15, 0.2) is 0 Å². The molecule has 53 heavy (non-hydrogen) atoms. The van der Waals surface area contributed by atoms with Crippen LogP contribution in [-0.2, 0) is 6.42 Å². The second-order valence-electron chi connectivity index (χ2n) is 14.8. The quantitative estimate of drug-likeness (QED) is 0.176. The van der Waals surface area contributed by atoms with E-state index < -0.39 is 0 Å². The van der Waals surface area contributed by atoms with E-state index in [1.54, 1.807) is 0 Å². The molecular formula is C52H33N. The van der Waals surface area contributed by atoms with E-state index in [0.717, 1.165) is 6.42 Å². The number of para-hydroxylation sites is 1. The monoisotopic (exact) mass is 671 g/mol. The molecule has 0 radical (unpaired) electrons. The number of rotatable bonds is 3. The van der Waals surface area contributed by atoms with Crippen LogP contribution in [0.4, 0.5) is 0 Å². The molecule has 0 saturated heterocycles. The van der Waals surface area contributed by atoms with E-state index >= 15 is 0 Å². The Morgan fingerprint density at radius 3 is 1.94 bits per heavy atom. The molecule has 0 fully saturated rings. The molecule has 1 heterocycles. The Kier molecular flexibility index (Phi) is 5.95. The topological polar surface area (TPSA) is 4.93 Å². The van der Waals surface area contributed by atoms with E-state index in [0.29, 0.717) is 0 Å². The Morgan fingerprint density at radius 1 is 0.377 bits per heavy atom. The van der Waals surface area contributed by atoms with Crippen molar-refractivity contribution in [3.8, 4) is 39.1 Å². The minimum absolute atomic E-state index is 0.166. The lowest BCUT2D eigenvalue weighted by atomic mass is 9.85. The van der Waals surface area contributed by atoms with Crippen LogP contribution in [0.3, 0.4) is 0 Å². The van der Waals surface area contributed by atoms with Gasteiger partial charge in [0, 0.05) is 22.1 Å². The molecule has 2 aliphatic rings. The first-order valence-corrected chi connectivity index (χ1v) is 18.7. The molecule has 1 atom stereocenters. The van der Waals surface area contributed by atoms with Crippen LogP contribution in [0.1, 0.15) is 33.7 Å². The van der Waals surface area contributed by atoms with Gasteiger partial charge in [0.2, 0.25) is 0 Å². The molecule has 2 aliphatic carbocycles. The normalized spacial score (nSPS) is 14.2. The summed E-state index contributed by atoms with van der Waals surface area (Å²) in [6.07, 6.45) is 0.990. The predicted molar refractivity (Wildman–Crippen MR) is 222 cm³/mol. The number of hydrogen-bond donors (Lipinski definition) is 0. The van der Waals surface area contributed by atoms with Gasteiger partial charge < -0.3 is 4.57 Å². The van der Waals surface area contributed by atoms with Crippen molar-refractivity contribution >= 4 is 43.4 Å². The molecule has 9 aromatic carbocycles. The van der Waals surface area contributed by atoms with Crippen molar-refractivity contribution < 1.29 is 0 Å². The lowest BCUT2D eigenvalue weighted by molar-refractivity contribution is 1.03. The molecular weight excluding hydrogens is 639 g/mol. The second-order valence-corrected chi connectivity index (χ2v) is 14.8. The Labute approximate surface area is 308 Å². The zero-order chi connectivity index (χ0) is 34.6.